The zero-order chi connectivity index (χ0) is 14.9. The van der Waals surface area contributed by atoms with E-state index < -0.39 is 0 Å². The maximum Gasteiger partial charge on any atom is 0.0577 e. The van der Waals surface area contributed by atoms with Crippen molar-refractivity contribution < 1.29 is 4.74 Å². The molecule has 0 spiro atoms. The van der Waals surface area contributed by atoms with Gasteiger partial charge in [0.1, 0.15) is 0 Å². The van der Waals surface area contributed by atoms with E-state index in [9.17, 15) is 0 Å². The summed E-state index contributed by atoms with van der Waals surface area (Å²) in [5.41, 5.74) is 0. The molecule has 2 aliphatic carbocycles. The Balaban J connectivity index is 1.66. The number of hydrogen-bond donors (Lipinski definition) is 0. The van der Waals surface area contributed by atoms with Gasteiger partial charge in [0.15, 0.2) is 0 Å². The standard InChI is InChI=1S/C20H38O/c1-3-5-6-8-17-11-13-18(14-12-17)19-9-7-10-20(16-19)21-15-4-2/h17-20H,3-16H2,1-2H3/t17?,18?,19-,20-/m1/s1. The number of rotatable bonds is 8. The minimum absolute atomic E-state index is 0.589. The van der Waals surface area contributed by atoms with Gasteiger partial charge in [0.25, 0.3) is 0 Å². The van der Waals surface area contributed by atoms with E-state index in [0.717, 1.165) is 24.4 Å². The second kappa shape index (κ2) is 9.87. The Bertz CT molecular complexity index is 255. The summed E-state index contributed by atoms with van der Waals surface area (Å²) < 4.78 is 6.04. The molecule has 2 aliphatic rings. The molecule has 2 fully saturated rings. The molecule has 0 radical (unpaired) electrons. The molecule has 2 rings (SSSR count). The van der Waals surface area contributed by atoms with E-state index >= 15 is 0 Å². The van der Waals surface area contributed by atoms with Crippen molar-refractivity contribution in [1.82, 2.24) is 0 Å². The summed E-state index contributed by atoms with van der Waals surface area (Å²) in [5.74, 6) is 3.07. The highest BCUT2D eigenvalue weighted by atomic mass is 16.5. The largest absolute Gasteiger partial charge is 0.378 e. The second-order valence-corrected chi connectivity index (χ2v) is 7.70. The predicted molar refractivity (Wildman–Crippen MR) is 91.6 cm³/mol. The molecule has 2 atom stereocenters. The molecule has 0 N–H and O–H groups in total. The Morgan fingerprint density at radius 3 is 2.33 bits per heavy atom. The van der Waals surface area contributed by atoms with Crippen LogP contribution in [0.25, 0.3) is 0 Å². The summed E-state index contributed by atoms with van der Waals surface area (Å²) in [6.07, 6.45) is 19.2. The van der Waals surface area contributed by atoms with E-state index in [4.69, 9.17) is 4.74 Å². The summed E-state index contributed by atoms with van der Waals surface area (Å²) in [6.45, 7) is 5.51. The minimum Gasteiger partial charge on any atom is -0.378 e. The molecule has 1 nitrogen and oxygen atoms in total. The highest BCUT2D eigenvalue weighted by Crippen LogP contribution is 2.41. The van der Waals surface area contributed by atoms with E-state index in [2.05, 4.69) is 13.8 Å². The van der Waals surface area contributed by atoms with Crippen molar-refractivity contribution in [2.24, 2.45) is 17.8 Å². The van der Waals surface area contributed by atoms with Crippen LogP contribution in [0, 0.1) is 17.8 Å². The highest BCUT2D eigenvalue weighted by molar-refractivity contribution is 4.83. The lowest BCUT2D eigenvalue weighted by molar-refractivity contribution is -0.00186. The Hall–Kier alpha value is -0.0400. The van der Waals surface area contributed by atoms with Crippen LogP contribution in [0.3, 0.4) is 0 Å². The zero-order valence-corrected chi connectivity index (χ0v) is 14.6. The lowest BCUT2D eigenvalue weighted by Gasteiger charge is -2.38. The molecule has 124 valence electrons. The lowest BCUT2D eigenvalue weighted by atomic mass is 9.70. The molecular formula is C20H38O. The molecule has 0 bridgehead atoms. The summed E-state index contributed by atoms with van der Waals surface area (Å²) in [4.78, 5) is 0. The van der Waals surface area contributed by atoms with E-state index in [1.165, 1.54) is 83.5 Å². The van der Waals surface area contributed by atoms with Crippen LogP contribution in [0.1, 0.15) is 97.3 Å². The third-order valence-electron chi connectivity index (χ3n) is 6.00. The van der Waals surface area contributed by atoms with Crippen molar-refractivity contribution in [2.75, 3.05) is 6.61 Å². The number of ether oxygens (including phenoxy) is 1. The highest BCUT2D eigenvalue weighted by Gasteiger charge is 2.31. The van der Waals surface area contributed by atoms with Crippen LogP contribution in [0.15, 0.2) is 0 Å². The van der Waals surface area contributed by atoms with Gasteiger partial charge in [-0.15, -0.1) is 0 Å². The second-order valence-electron chi connectivity index (χ2n) is 7.70. The smallest absolute Gasteiger partial charge is 0.0577 e. The number of hydrogen-bond acceptors (Lipinski definition) is 1. The van der Waals surface area contributed by atoms with Crippen LogP contribution in [-0.4, -0.2) is 12.7 Å². The topological polar surface area (TPSA) is 9.23 Å². The van der Waals surface area contributed by atoms with Crippen molar-refractivity contribution in [3.05, 3.63) is 0 Å². The van der Waals surface area contributed by atoms with Gasteiger partial charge >= 0.3 is 0 Å². The van der Waals surface area contributed by atoms with Crippen LogP contribution in [0.2, 0.25) is 0 Å². The van der Waals surface area contributed by atoms with Crippen molar-refractivity contribution in [2.45, 2.75) is 103 Å². The fraction of sp³-hybridized carbons (Fsp3) is 1.00. The van der Waals surface area contributed by atoms with Gasteiger partial charge in [-0.25, -0.2) is 0 Å². The number of unbranched alkanes of at least 4 members (excludes halogenated alkanes) is 2. The Labute approximate surface area is 133 Å². The fourth-order valence-corrected chi connectivity index (χ4v) is 4.68. The Kier molecular flexibility index (Phi) is 8.14. The fourth-order valence-electron chi connectivity index (χ4n) is 4.68. The van der Waals surface area contributed by atoms with Crippen LogP contribution in [0.5, 0.6) is 0 Å². The molecule has 0 amide bonds. The molecule has 0 aromatic rings. The molecule has 0 heterocycles. The van der Waals surface area contributed by atoms with Gasteiger partial charge < -0.3 is 4.74 Å². The molecule has 21 heavy (non-hydrogen) atoms. The van der Waals surface area contributed by atoms with Crippen LogP contribution in [-0.2, 0) is 4.74 Å². The molecule has 0 aromatic heterocycles. The van der Waals surface area contributed by atoms with Gasteiger partial charge in [0.05, 0.1) is 6.10 Å². The maximum absolute atomic E-state index is 6.04. The molecule has 0 aromatic carbocycles. The van der Waals surface area contributed by atoms with E-state index in [-0.39, 0.29) is 0 Å². The van der Waals surface area contributed by atoms with Gasteiger partial charge in [-0.2, -0.15) is 0 Å². The first kappa shape index (κ1) is 17.3. The van der Waals surface area contributed by atoms with Gasteiger partial charge in [-0.05, 0) is 56.3 Å². The first-order chi connectivity index (χ1) is 10.3. The molecule has 1 heteroatoms. The molecular weight excluding hydrogens is 256 g/mol. The Morgan fingerprint density at radius 2 is 1.62 bits per heavy atom. The third kappa shape index (κ3) is 5.93. The quantitative estimate of drug-likeness (QED) is 0.473. The van der Waals surface area contributed by atoms with Crippen LogP contribution in [0.4, 0.5) is 0 Å². The molecule has 2 saturated carbocycles. The monoisotopic (exact) mass is 294 g/mol. The molecule has 0 unspecified atom stereocenters. The summed E-state index contributed by atoms with van der Waals surface area (Å²) in [7, 11) is 0. The van der Waals surface area contributed by atoms with Crippen molar-refractivity contribution in [3.8, 4) is 0 Å². The van der Waals surface area contributed by atoms with Crippen molar-refractivity contribution >= 4 is 0 Å². The normalized spacial score (nSPS) is 34.0. The predicted octanol–water partition coefficient (Wildman–Crippen LogP) is 6.36. The van der Waals surface area contributed by atoms with E-state index in [1.54, 1.807) is 0 Å². The first-order valence-electron chi connectivity index (χ1n) is 9.95. The van der Waals surface area contributed by atoms with Crippen LogP contribution >= 0.6 is 0 Å². The lowest BCUT2D eigenvalue weighted by Crippen LogP contribution is -2.30. The van der Waals surface area contributed by atoms with Gasteiger partial charge in [-0.1, -0.05) is 58.8 Å². The summed E-state index contributed by atoms with van der Waals surface area (Å²) >= 11 is 0. The van der Waals surface area contributed by atoms with Gasteiger partial charge in [0, 0.05) is 6.61 Å². The average Bonchev–Trinajstić information content (AvgIpc) is 2.54. The van der Waals surface area contributed by atoms with Gasteiger partial charge in [-0.3, -0.25) is 0 Å². The maximum atomic E-state index is 6.04. The van der Waals surface area contributed by atoms with Gasteiger partial charge in [0.2, 0.25) is 0 Å². The Morgan fingerprint density at radius 1 is 0.810 bits per heavy atom. The minimum atomic E-state index is 0.589. The van der Waals surface area contributed by atoms with Crippen LogP contribution < -0.4 is 0 Å². The van der Waals surface area contributed by atoms with Crippen molar-refractivity contribution in [1.29, 1.82) is 0 Å². The van der Waals surface area contributed by atoms with E-state index in [0.29, 0.717) is 6.10 Å². The summed E-state index contributed by atoms with van der Waals surface area (Å²) in [6, 6.07) is 0. The van der Waals surface area contributed by atoms with Crippen molar-refractivity contribution in [3.63, 3.8) is 0 Å². The SMILES string of the molecule is CCCCCC1CCC([C@@H]2CCC[C@@H](OCCC)C2)CC1. The first-order valence-corrected chi connectivity index (χ1v) is 9.95. The van der Waals surface area contributed by atoms with E-state index in [1.807, 2.05) is 0 Å². The third-order valence-corrected chi connectivity index (χ3v) is 6.00. The summed E-state index contributed by atoms with van der Waals surface area (Å²) in [5, 5.41) is 0. The average molecular weight is 295 g/mol. The molecule has 0 saturated heterocycles. The molecule has 0 aliphatic heterocycles. The zero-order valence-electron chi connectivity index (χ0n) is 14.6.